The monoisotopic (exact) mass is 332 g/mol. The fourth-order valence-electron chi connectivity index (χ4n) is 1.23. The van der Waals surface area contributed by atoms with E-state index in [9.17, 15) is 18.5 Å². The van der Waals surface area contributed by atoms with E-state index in [0.29, 0.717) is 4.47 Å². The molecule has 0 aromatic heterocycles. The summed E-state index contributed by atoms with van der Waals surface area (Å²) in [4.78, 5) is 9.69. The van der Waals surface area contributed by atoms with Gasteiger partial charge in [0, 0.05) is 17.6 Å². The summed E-state index contributed by atoms with van der Waals surface area (Å²) in [5, 5.41) is 10.8. The molecule has 0 bridgehead atoms. The molecule has 8 heteroatoms. The van der Waals surface area contributed by atoms with Gasteiger partial charge in [0.2, 0.25) is 0 Å². The van der Waals surface area contributed by atoms with E-state index in [-0.39, 0.29) is 11.4 Å². The van der Waals surface area contributed by atoms with Gasteiger partial charge in [0.25, 0.3) is 15.7 Å². The molecule has 96 valence electrons. The minimum Gasteiger partial charge on any atom is -0.258 e. The molecule has 0 aliphatic rings. The van der Waals surface area contributed by atoms with Crippen molar-refractivity contribution in [2.24, 2.45) is 0 Å². The zero-order chi connectivity index (χ0) is 13.9. The van der Waals surface area contributed by atoms with E-state index in [2.05, 4.69) is 21.9 Å². The highest BCUT2D eigenvalue weighted by Gasteiger charge is 2.29. The summed E-state index contributed by atoms with van der Waals surface area (Å²) in [6.45, 7) is -0.161. The van der Waals surface area contributed by atoms with Gasteiger partial charge in [-0.3, -0.25) is 10.1 Å². The Hall–Kier alpha value is -1.43. The first-order valence-electron chi connectivity index (χ1n) is 4.64. The second kappa shape index (κ2) is 5.48. The van der Waals surface area contributed by atoms with Crippen LogP contribution < -0.4 is 0 Å². The molecule has 0 amide bonds. The molecule has 0 fully saturated rings. The van der Waals surface area contributed by atoms with Crippen molar-refractivity contribution in [3.63, 3.8) is 0 Å². The molecule has 0 atom stereocenters. The van der Waals surface area contributed by atoms with Crippen LogP contribution in [0.25, 0.3) is 0 Å². The maximum atomic E-state index is 12.1. The molecule has 0 spiro atoms. The van der Waals surface area contributed by atoms with Gasteiger partial charge in [0.15, 0.2) is 4.90 Å². The molecule has 1 aromatic rings. The van der Waals surface area contributed by atoms with E-state index in [4.69, 9.17) is 6.42 Å². The first kappa shape index (κ1) is 14.6. The topological polar surface area (TPSA) is 80.5 Å². The van der Waals surface area contributed by atoms with Crippen LogP contribution in [-0.2, 0) is 10.0 Å². The average molecular weight is 333 g/mol. The van der Waals surface area contributed by atoms with E-state index in [1.807, 2.05) is 0 Å². The molecular formula is C10H9BrN2O4S. The van der Waals surface area contributed by atoms with Gasteiger partial charge in [-0.1, -0.05) is 21.9 Å². The Morgan fingerprint density at radius 1 is 1.56 bits per heavy atom. The minimum absolute atomic E-state index is 0.161. The fourth-order valence-corrected chi connectivity index (χ4v) is 3.00. The number of terminal acetylenes is 1. The number of benzene rings is 1. The second-order valence-corrected chi connectivity index (χ2v) is 6.26. The van der Waals surface area contributed by atoms with Crippen molar-refractivity contribution < 1.29 is 13.3 Å². The molecule has 1 aromatic carbocycles. The van der Waals surface area contributed by atoms with Crippen molar-refractivity contribution in [2.45, 2.75) is 4.90 Å². The molecule has 0 aliphatic heterocycles. The third-order valence-corrected chi connectivity index (χ3v) is 4.45. The van der Waals surface area contributed by atoms with Gasteiger partial charge in [-0.15, -0.1) is 6.42 Å². The molecular weight excluding hydrogens is 324 g/mol. The van der Waals surface area contributed by atoms with Gasteiger partial charge < -0.3 is 0 Å². The van der Waals surface area contributed by atoms with Crippen molar-refractivity contribution in [1.29, 1.82) is 0 Å². The number of nitrogens with zero attached hydrogens (tertiary/aromatic N) is 2. The number of sulfonamides is 1. The van der Waals surface area contributed by atoms with Crippen LogP contribution in [0.4, 0.5) is 5.69 Å². The minimum atomic E-state index is -3.98. The second-order valence-electron chi connectivity index (χ2n) is 3.33. The highest BCUT2D eigenvalue weighted by Crippen LogP contribution is 2.28. The van der Waals surface area contributed by atoms with Crippen LogP contribution in [0, 0.1) is 22.5 Å². The lowest BCUT2D eigenvalue weighted by Crippen LogP contribution is -2.27. The highest BCUT2D eigenvalue weighted by atomic mass is 79.9. The SMILES string of the molecule is C#CCN(C)S(=O)(=O)c1cc(Br)ccc1[N+](=O)[O-]. The number of halogens is 1. The van der Waals surface area contributed by atoms with Gasteiger partial charge in [-0.25, -0.2) is 8.42 Å². The van der Waals surface area contributed by atoms with Crippen molar-refractivity contribution in [2.75, 3.05) is 13.6 Å². The molecule has 1 rings (SSSR count). The summed E-state index contributed by atoms with van der Waals surface area (Å²) in [5.74, 6) is 2.17. The van der Waals surface area contributed by atoms with E-state index < -0.39 is 20.6 Å². The Morgan fingerprint density at radius 3 is 2.67 bits per heavy atom. The molecule has 18 heavy (non-hydrogen) atoms. The average Bonchev–Trinajstić information content (AvgIpc) is 2.28. The van der Waals surface area contributed by atoms with Crippen LogP contribution in [0.5, 0.6) is 0 Å². The van der Waals surface area contributed by atoms with Gasteiger partial charge >= 0.3 is 0 Å². The Bertz CT molecular complexity index is 621. The van der Waals surface area contributed by atoms with Gasteiger partial charge in [0.05, 0.1) is 11.5 Å². The number of hydrogen-bond donors (Lipinski definition) is 0. The molecule has 6 nitrogen and oxygen atoms in total. The summed E-state index contributed by atoms with van der Waals surface area (Å²) in [5.41, 5.74) is -0.484. The summed E-state index contributed by atoms with van der Waals surface area (Å²) < 4.78 is 25.5. The van der Waals surface area contributed by atoms with E-state index >= 15 is 0 Å². The van der Waals surface area contributed by atoms with Crippen molar-refractivity contribution in [1.82, 2.24) is 4.31 Å². The van der Waals surface area contributed by atoms with Crippen molar-refractivity contribution in [3.8, 4) is 12.3 Å². The molecule has 0 aliphatic carbocycles. The fraction of sp³-hybridized carbons (Fsp3) is 0.200. The molecule has 0 radical (unpaired) electrons. The quantitative estimate of drug-likeness (QED) is 0.476. The summed E-state index contributed by atoms with van der Waals surface area (Å²) in [6.07, 6.45) is 5.03. The van der Waals surface area contributed by atoms with Gasteiger partial charge in [0.1, 0.15) is 0 Å². The summed E-state index contributed by atoms with van der Waals surface area (Å²) >= 11 is 3.08. The Labute approximate surface area is 113 Å². The third kappa shape index (κ3) is 2.87. The van der Waals surface area contributed by atoms with Gasteiger partial charge in [-0.2, -0.15) is 4.31 Å². The van der Waals surface area contributed by atoms with E-state index in [0.717, 1.165) is 10.4 Å². The summed E-state index contributed by atoms with van der Waals surface area (Å²) in [7, 11) is -2.72. The first-order chi connectivity index (χ1) is 8.30. The van der Waals surface area contributed by atoms with Crippen LogP contribution in [0.2, 0.25) is 0 Å². The first-order valence-corrected chi connectivity index (χ1v) is 6.87. The van der Waals surface area contributed by atoms with Crippen LogP contribution in [-0.4, -0.2) is 31.2 Å². The Kier molecular flexibility index (Phi) is 4.45. The highest BCUT2D eigenvalue weighted by molar-refractivity contribution is 9.10. The lowest BCUT2D eigenvalue weighted by atomic mass is 10.3. The number of nitro benzene ring substituents is 1. The maximum Gasteiger partial charge on any atom is 0.289 e. The maximum absolute atomic E-state index is 12.1. The molecule has 0 saturated heterocycles. The van der Waals surface area contributed by atoms with Gasteiger partial charge in [-0.05, 0) is 12.1 Å². The zero-order valence-corrected chi connectivity index (χ0v) is 11.7. The summed E-state index contributed by atoms with van der Waals surface area (Å²) in [6, 6.07) is 3.71. The van der Waals surface area contributed by atoms with Crippen molar-refractivity contribution in [3.05, 3.63) is 32.8 Å². The zero-order valence-electron chi connectivity index (χ0n) is 9.33. The third-order valence-electron chi connectivity index (χ3n) is 2.12. The largest absolute Gasteiger partial charge is 0.289 e. The lowest BCUT2D eigenvalue weighted by molar-refractivity contribution is -0.387. The molecule has 0 N–H and O–H groups in total. The lowest BCUT2D eigenvalue weighted by Gasteiger charge is -2.14. The van der Waals surface area contributed by atoms with Crippen LogP contribution >= 0.6 is 15.9 Å². The molecule has 0 unspecified atom stereocenters. The number of rotatable bonds is 4. The Balaban J connectivity index is 3.45. The number of nitro groups is 1. The van der Waals surface area contributed by atoms with Crippen LogP contribution in [0.15, 0.2) is 27.6 Å². The van der Waals surface area contributed by atoms with Crippen LogP contribution in [0.3, 0.4) is 0 Å². The Morgan fingerprint density at radius 2 is 2.17 bits per heavy atom. The van der Waals surface area contributed by atoms with E-state index in [1.54, 1.807) is 0 Å². The molecule has 0 heterocycles. The standard InChI is InChI=1S/C10H9BrN2O4S/c1-3-6-12(2)18(16,17)10-7-8(11)4-5-9(10)13(14)15/h1,4-5,7H,6H2,2H3. The normalized spacial score (nSPS) is 11.2. The van der Waals surface area contributed by atoms with Crippen molar-refractivity contribution >= 4 is 31.6 Å². The predicted octanol–water partition coefficient (Wildman–Crippen LogP) is 1.61. The smallest absolute Gasteiger partial charge is 0.258 e. The predicted molar refractivity (Wildman–Crippen MR) is 69.4 cm³/mol. The van der Waals surface area contributed by atoms with Crippen LogP contribution in [0.1, 0.15) is 0 Å². The molecule has 0 saturated carbocycles. The number of hydrogen-bond acceptors (Lipinski definition) is 4. The van der Waals surface area contributed by atoms with E-state index in [1.165, 1.54) is 19.2 Å².